The molecule has 0 saturated heterocycles. The normalized spacial score (nSPS) is 12.2. The first-order valence-corrected chi connectivity index (χ1v) is 8.20. The molecule has 0 saturated carbocycles. The van der Waals surface area contributed by atoms with E-state index in [4.69, 9.17) is 16.3 Å². The Kier molecular flexibility index (Phi) is 6.20. The molecule has 0 aromatic heterocycles. The molecule has 2 aromatic rings. The van der Waals surface area contributed by atoms with Gasteiger partial charge in [-0.05, 0) is 24.7 Å². The van der Waals surface area contributed by atoms with Crippen LogP contribution in [-0.2, 0) is 9.53 Å². The summed E-state index contributed by atoms with van der Waals surface area (Å²) < 4.78 is 5.51. The summed E-state index contributed by atoms with van der Waals surface area (Å²) in [5.74, 6) is -0.280. The van der Waals surface area contributed by atoms with E-state index in [9.17, 15) is 4.79 Å². The van der Waals surface area contributed by atoms with E-state index in [1.165, 1.54) is 6.92 Å². The lowest BCUT2D eigenvalue weighted by molar-refractivity contribution is -0.157. The average molecular weight is 332 g/mol. The van der Waals surface area contributed by atoms with E-state index >= 15 is 0 Å². The quantitative estimate of drug-likeness (QED) is 0.556. The Morgan fingerprint density at radius 1 is 1.09 bits per heavy atom. The molecule has 0 aliphatic heterocycles. The number of hydrogen-bond acceptors (Lipinski definition) is 3. The number of rotatable bonds is 6. The molecule has 0 radical (unpaired) electrons. The van der Waals surface area contributed by atoms with Crippen molar-refractivity contribution in [3.8, 4) is 11.1 Å². The Labute approximate surface area is 142 Å². The van der Waals surface area contributed by atoms with E-state index in [1.807, 2.05) is 48.5 Å². The summed E-state index contributed by atoms with van der Waals surface area (Å²) in [5.41, 5.74) is 2.99. The van der Waals surface area contributed by atoms with Crippen molar-refractivity contribution in [1.29, 1.82) is 0 Å². The zero-order valence-corrected chi connectivity index (χ0v) is 14.5. The largest absolute Gasteiger partial charge is 0.442 e. The summed E-state index contributed by atoms with van der Waals surface area (Å²) >= 11 is 6.25. The Balaban J connectivity index is 2.31. The summed E-state index contributed by atoms with van der Waals surface area (Å²) in [4.78, 5) is 13.5. The van der Waals surface area contributed by atoms with Crippen LogP contribution in [0.1, 0.15) is 32.6 Å². The second kappa shape index (κ2) is 8.14. The van der Waals surface area contributed by atoms with Crippen LogP contribution in [0.25, 0.3) is 11.1 Å². The van der Waals surface area contributed by atoms with E-state index in [2.05, 4.69) is 18.7 Å². The fourth-order valence-corrected chi connectivity index (χ4v) is 2.83. The zero-order valence-electron chi connectivity index (χ0n) is 13.8. The summed E-state index contributed by atoms with van der Waals surface area (Å²) in [6, 6.07) is 15.7. The molecule has 1 atom stereocenters. The number of carbonyl (C=O) groups is 1. The molecule has 2 rings (SSSR count). The van der Waals surface area contributed by atoms with Crippen LogP contribution in [-0.4, -0.2) is 24.0 Å². The lowest BCUT2D eigenvalue weighted by atomic mass is 10.0. The molecular formula is C19H22ClNO2. The first kappa shape index (κ1) is 17.5. The van der Waals surface area contributed by atoms with Gasteiger partial charge in [0.05, 0.1) is 0 Å². The molecule has 23 heavy (non-hydrogen) atoms. The van der Waals surface area contributed by atoms with Crippen LogP contribution in [0.3, 0.4) is 0 Å². The van der Waals surface area contributed by atoms with Crippen molar-refractivity contribution >= 4 is 17.6 Å². The summed E-state index contributed by atoms with van der Waals surface area (Å²) in [6.45, 7) is 7.16. The second-order valence-corrected chi connectivity index (χ2v) is 5.69. The maximum Gasteiger partial charge on any atom is 0.304 e. The van der Waals surface area contributed by atoms with Gasteiger partial charge in [-0.25, -0.2) is 0 Å². The topological polar surface area (TPSA) is 29.5 Å². The van der Waals surface area contributed by atoms with Crippen LogP contribution < -0.4 is 0 Å². The van der Waals surface area contributed by atoms with Crippen molar-refractivity contribution in [2.75, 3.05) is 13.1 Å². The van der Waals surface area contributed by atoms with Crippen LogP contribution in [0, 0.1) is 0 Å². The van der Waals surface area contributed by atoms with E-state index in [1.54, 1.807) is 0 Å². The van der Waals surface area contributed by atoms with Gasteiger partial charge in [-0.15, -0.1) is 0 Å². The van der Waals surface area contributed by atoms with Crippen LogP contribution in [0.5, 0.6) is 0 Å². The van der Waals surface area contributed by atoms with E-state index in [0.717, 1.165) is 34.8 Å². The predicted molar refractivity (Wildman–Crippen MR) is 94.3 cm³/mol. The molecule has 0 amide bonds. The van der Waals surface area contributed by atoms with Gasteiger partial charge in [0.2, 0.25) is 0 Å². The Bertz CT molecular complexity index is 651. The molecule has 0 spiro atoms. The number of halogens is 1. The van der Waals surface area contributed by atoms with Gasteiger partial charge < -0.3 is 4.74 Å². The highest BCUT2D eigenvalue weighted by atomic mass is 35.5. The van der Waals surface area contributed by atoms with Crippen molar-refractivity contribution in [3.05, 3.63) is 59.1 Å². The fourth-order valence-electron chi connectivity index (χ4n) is 2.59. The van der Waals surface area contributed by atoms with Gasteiger partial charge in [0.1, 0.15) is 0 Å². The molecule has 122 valence electrons. The first-order valence-electron chi connectivity index (χ1n) is 7.83. The highest BCUT2D eigenvalue weighted by molar-refractivity contribution is 6.33. The minimum Gasteiger partial charge on any atom is -0.442 e. The molecule has 0 aliphatic carbocycles. The summed E-state index contributed by atoms with van der Waals surface area (Å²) in [5, 5.41) is 0.723. The van der Waals surface area contributed by atoms with Gasteiger partial charge in [-0.1, -0.05) is 67.9 Å². The summed E-state index contributed by atoms with van der Waals surface area (Å²) in [6.07, 6.45) is -0.359. The molecule has 0 heterocycles. The van der Waals surface area contributed by atoms with Gasteiger partial charge in [0, 0.05) is 23.1 Å². The van der Waals surface area contributed by atoms with Crippen molar-refractivity contribution in [1.82, 2.24) is 4.90 Å². The van der Waals surface area contributed by atoms with Crippen molar-refractivity contribution in [2.45, 2.75) is 27.0 Å². The van der Waals surface area contributed by atoms with Crippen LogP contribution in [0.2, 0.25) is 5.02 Å². The molecule has 1 unspecified atom stereocenters. The predicted octanol–water partition coefficient (Wildman–Crippen LogP) is 4.91. The second-order valence-electron chi connectivity index (χ2n) is 5.28. The number of benzene rings is 2. The molecular weight excluding hydrogens is 310 g/mol. The smallest absolute Gasteiger partial charge is 0.304 e. The van der Waals surface area contributed by atoms with E-state index in [-0.39, 0.29) is 12.2 Å². The van der Waals surface area contributed by atoms with Crippen molar-refractivity contribution in [3.63, 3.8) is 0 Å². The first-order chi connectivity index (χ1) is 11.1. The molecule has 2 aromatic carbocycles. The number of ether oxygens (including phenoxy) is 1. The Hall–Kier alpha value is -1.84. The number of hydrogen-bond donors (Lipinski definition) is 0. The van der Waals surface area contributed by atoms with Gasteiger partial charge in [0.15, 0.2) is 6.23 Å². The number of carbonyl (C=O) groups excluding carboxylic acids is 1. The fraction of sp³-hybridized carbons (Fsp3) is 0.316. The SMILES string of the molecule is CCN(CC)C(OC(C)=O)c1ccc(-c2ccccc2Cl)cc1. The molecule has 0 aliphatic rings. The minimum absolute atomic E-state index is 0.280. The number of nitrogens with zero attached hydrogens (tertiary/aromatic N) is 1. The van der Waals surface area contributed by atoms with E-state index < -0.39 is 0 Å². The minimum atomic E-state index is -0.359. The van der Waals surface area contributed by atoms with Crippen LogP contribution in [0.4, 0.5) is 0 Å². The highest BCUT2D eigenvalue weighted by Crippen LogP contribution is 2.30. The molecule has 3 nitrogen and oxygen atoms in total. The Morgan fingerprint density at radius 3 is 2.22 bits per heavy atom. The zero-order chi connectivity index (χ0) is 16.8. The van der Waals surface area contributed by atoms with Crippen molar-refractivity contribution < 1.29 is 9.53 Å². The standard InChI is InChI=1S/C19H22ClNO2/c1-4-21(5-2)19(23-14(3)22)16-12-10-15(11-13-16)17-8-6-7-9-18(17)20/h6-13,19H,4-5H2,1-3H3. The Morgan fingerprint density at radius 2 is 1.70 bits per heavy atom. The molecule has 0 fully saturated rings. The highest BCUT2D eigenvalue weighted by Gasteiger charge is 2.20. The average Bonchev–Trinajstić information content (AvgIpc) is 2.55. The molecule has 4 heteroatoms. The van der Waals surface area contributed by atoms with Gasteiger partial charge in [-0.3, -0.25) is 9.69 Å². The van der Waals surface area contributed by atoms with Gasteiger partial charge in [-0.2, -0.15) is 0 Å². The summed E-state index contributed by atoms with van der Waals surface area (Å²) in [7, 11) is 0. The number of esters is 1. The third kappa shape index (κ3) is 4.34. The van der Waals surface area contributed by atoms with Crippen LogP contribution in [0.15, 0.2) is 48.5 Å². The maximum absolute atomic E-state index is 11.4. The lowest BCUT2D eigenvalue weighted by Gasteiger charge is -2.29. The molecule has 0 N–H and O–H groups in total. The maximum atomic E-state index is 11.4. The lowest BCUT2D eigenvalue weighted by Crippen LogP contribution is -2.31. The third-order valence-electron chi connectivity index (χ3n) is 3.80. The van der Waals surface area contributed by atoms with Crippen LogP contribution >= 0.6 is 11.6 Å². The third-order valence-corrected chi connectivity index (χ3v) is 4.13. The molecule has 0 bridgehead atoms. The van der Waals surface area contributed by atoms with Gasteiger partial charge in [0.25, 0.3) is 0 Å². The van der Waals surface area contributed by atoms with E-state index in [0.29, 0.717) is 0 Å². The van der Waals surface area contributed by atoms with Crippen molar-refractivity contribution in [2.24, 2.45) is 0 Å². The van der Waals surface area contributed by atoms with Gasteiger partial charge >= 0.3 is 5.97 Å². The monoisotopic (exact) mass is 331 g/mol.